The highest BCUT2D eigenvalue weighted by atomic mass is 35.5. The van der Waals surface area contributed by atoms with Crippen LogP contribution in [0.15, 0.2) is 78.5 Å². The maximum absolute atomic E-state index is 13.1. The average molecular weight is 453 g/mol. The van der Waals surface area contributed by atoms with E-state index in [0.29, 0.717) is 28.4 Å². The lowest BCUT2D eigenvalue weighted by atomic mass is 10.1. The molecule has 0 spiro atoms. The van der Waals surface area contributed by atoms with Crippen molar-refractivity contribution in [3.05, 3.63) is 89.1 Å². The first-order valence-electron chi connectivity index (χ1n) is 10.4. The monoisotopic (exact) mass is 452 g/mol. The smallest absolute Gasteiger partial charge is 0.320 e. The summed E-state index contributed by atoms with van der Waals surface area (Å²) >= 11 is 5.89. The van der Waals surface area contributed by atoms with Crippen LogP contribution in [0, 0.1) is 0 Å². The molecule has 0 fully saturated rings. The summed E-state index contributed by atoms with van der Waals surface area (Å²) in [7, 11) is 1.95. The van der Waals surface area contributed by atoms with E-state index in [0.717, 1.165) is 12.3 Å². The molecule has 1 aliphatic rings. The molecular weight excluding hydrogens is 426 g/mol. The molecule has 4 N–H and O–H groups in total. The molecule has 3 amide bonds. The van der Waals surface area contributed by atoms with Gasteiger partial charge in [0.1, 0.15) is 6.04 Å². The van der Waals surface area contributed by atoms with Gasteiger partial charge in [0, 0.05) is 22.5 Å². The van der Waals surface area contributed by atoms with Gasteiger partial charge in [0.05, 0.1) is 13.0 Å². The molecule has 0 heterocycles. The van der Waals surface area contributed by atoms with Crippen LogP contribution in [-0.2, 0) is 4.79 Å². The highest BCUT2D eigenvalue weighted by Crippen LogP contribution is 2.17. The van der Waals surface area contributed by atoms with Crippen molar-refractivity contribution in [2.75, 3.05) is 18.9 Å². The maximum Gasteiger partial charge on any atom is 0.320 e. The number of hydrazone groups is 1. The van der Waals surface area contributed by atoms with Crippen LogP contribution < -0.4 is 21.4 Å². The number of urea groups is 1. The van der Waals surface area contributed by atoms with E-state index in [9.17, 15) is 9.59 Å². The summed E-state index contributed by atoms with van der Waals surface area (Å²) < 4.78 is 1.96. The minimum absolute atomic E-state index is 0.332. The number of hydrazine groups is 1. The van der Waals surface area contributed by atoms with Gasteiger partial charge in [-0.1, -0.05) is 48.0 Å². The molecule has 0 radical (unpaired) electrons. The molecule has 7 nitrogen and oxygen atoms in total. The molecular formula is C24H27ClN5O2+. The van der Waals surface area contributed by atoms with Crippen molar-refractivity contribution in [1.29, 1.82) is 0 Å². The third-order valence-corrected chi connectivity index (χ3v) is 5.10. The zero-order valence-electron chi connectivity index (χ0n) is 18.1. The second-order valence-corrected chi connectivity index (χ2v) is 7.63. The summed E-state index contributed by atoms with van der Waals surface area (Å²) in [5.41, 5.74) is 6.25. The number of nitrogens with zero attached hydrogens (tertiary/aromatic N) is 1. The number of rotatable bonds is 7. The number of allylic oxidation sites excluding steroid dienone is 3. The highest BCUT2D eigenvalue weighted by molar-refractivity contribution is 6.30. The Morgan fingerprint density at radius 3 is 2.38 bits per heavy atom. The Morgan fingerprint density at radius 1 is 1.03 bits per heavy atom. The Morgan fingerprint density at radius 2 is 1.75 bits per heavy atom. The van der Waals surface area contributed by atoms with Crippen LogP contribution in [0.3, 0.4) is 0 Å². The Hall–Kier alpha value is -3.58. The molecule has 2 aromatic carbocycles. The number of hydrogen-bond donors (Lipinski definition) is 4. The minimum atomic E-state index is -0.868. The van der Waals surface area contributed by atoms with E-state index in [1.165, 1.54) is 0 Å². The molecule has 1 aliphatic carbocycles. The lowest BCUT2D eigenvalue weighted by molar-refractivity contribution is -0.559. The predicted octanol–water partition coefficient (Wildman–Crippen LogP) is 3.77. The zero-order valence-corrected chi connectivity index (χ0v) is 18.8. The summed E-state index contributed by atoms with van der Waals surface area (Å²) in [4.78, 5) is 25.7. The molecule has 0 aromatic heterocycles. The van der Waals surface area contributed by atoms with Crippen molar-refractivity contribution in [1.82, 2.24) is 16.1 Å². The summed E-state index contributed by atoms with van der Waals surface area (Å²) in [5.74, 6) is -0.332. The van der Waals surface area contributed by atoms with Crippen LogP contribution in [0.2, 0.25) is 5.02 Å². The van der Waals surface area contributed by atoms with E-state index in [2.05, 4.69) is 21.4 Å². The second kappa shape index (κ2) is 11.2. The van der Waals surface area contributed by atoms with Gasteiger partial charge in [-0.15, -0.1) is 4.68 Å². The van der Waals surface area contributed by atoms with Crippen molar-refractivity contribution in [3.63, 3.8) is 0 Å². The van der Waals surface area contributed by atoms with E-state index in [1.807, 2.05) is 55.1 Å². The van der Waals surface area contributed by atoms with Gasteiger partial charge in [0.2, 0.25) is 5.71 Å². The SMILES string of the molecule is CCN[N+](C)=C1C=CC(NC(=O)C(NC(=O)Nc2ccc(Cl)cc2)c2ccccc2)=CC1. The first-order chi connectivity index (χ1) is 15.5. The van der Waals surface area contributed by atoms with E-state index in [-0.39, 0.29) is 5.91 Å². The fraction of sp³-hybridized carbons (Fsp3) is 0.208. The number of amides is 3. The third kappa shape index (κ3) is 6.46. The topological polar surface area (TPSA) is 85.3 Å². The zero-order chi connectivity index (χ0) is 22.9. The summed E-state index contributed by atoms with van der Waals surface area (Å²) in [5, 5.41) is 8.97. The van der Waals surface area contributed by atoms with Gasteiger partial charge in [-0.2, -0.15) is 5.43 Å². The number of benzene rings is 2. The molecule has 2 aromatic rings. The molecule has 1 atom stereocenters. The first kappa shape index (κ1) is 23.1. The van der Waals surface area contributed by atoms with Gasteiger partial charge in [-0.3, -0.25) is 4.79 Å². The summed E-state index contributed by atoms with van der Waals surface area (Å²) in [6, 6.07) is 14.5. The molecule has 166 valence electrons. The number of hydrogen-bond acceptors (Lipinski definition) is 3. The van der Waals surface area contributed by atoms with Crippen molar-refractivity contribution in [3.8, 4) is 0 Å². The molecule has 0 saturated carbocycles. The van der Waals surface area contributed by atoms with Crippen LogP contribution in [0.5, 0.6) is 0 Å². The van der Waals surface area contributed by atoms with E-state index in [1.54, 1.807) is 36.4 Å². The van der Waals surface area contributed by atoms with Gasteiger partial charge in [0.25, 0.3) is 5.91 Å². The van der Waals surface area contributed by atoms with Crippen LogP contribution in [0.4, 0.5) is 10.5 Å². The molecule has 32 heavy (non-hydrogen) atoms. The van der Waals surface area contributed by atoms with E-state index < -0.39 is 12.1 Å². The standard InChI is InChI=1S/C24H26ClN5O2/c1-3-26-30(2)21-15-13-19(14-16-21)27-23(31)22(17-7-5-4-6-8-17)29-24(32)28-20-11-9-18(25)10-12-20/h4-15,22,26H,3,16H2,1-2H3,(H2-,27,28,29,31,32)/p+1. The molecule has 8 heteroatoms. The number of nitrogens with one attached hydrogen (secondary N) is 4. The largest absolute Gasteiger partial charge is 0.324 e. The molecule has 0 saturated heterocycles. The van der Waals surface area contributed by atoms with Gasteiger partial charge in [-0.05, 0) is 42.8 Å². The molecule has 1 unspecified atom stereocenters. The Kier molecular flexibility index (Phi) is 8.05. The van der Waals surface area contributed by atoms with E-state index in [4.69, 9.17) is 11.6 Å². The molecule has 0 bridgehead atoms. The fourth-order valence-electron chi connectivity index (χ4n) is 3.21. The van der Waals surface area contributed by atoms with Crippen molar-refractivity contribution >= 4 is 34.9 Å². The van der Waals surface area contributed by atoms with Gasteiger partial charge in [0.15, 0.2) is 7.05 Å². The Bertz CT molecular complexity index is 1050. The highest BCUT2D eigenvalue weighted by Gasteiger charge is 2.24. The number of carbonyl (C=O) groups is 2. The lowest BCUT2D eigenvalue weighted by Gasteiger charge is -2.20. The maximum atomic E-state index is 13.1. The van der Waals surface area contributed by atoms with E-state index >= 15 is 0 Å². The summed E-state index contributed by atoms with van der Waals surface area (Å²) in [6.07, 6.45) is 6.42. The molecule has 3 rings (SSSR count). The number of anilines is 1. The predicted molar refractivity (Wildman–Crippen MR) is 128 cm³/mol. The minimum Gasteiger partial charge on any atom is -0.324 e. The first-order valence-corrected chi connectivity index (χ1v) is 10.7. The average Bonchev–Trinajstić information content (AvgIpc) is 2.80. The lowest BCUT2D eigenvalue weighted by Crippen LogP contribution is -2.42. The van der Waals surface area contributed by atoms with Crippen LogP contribution >= 0.6 is 11.6 Å². The van der Waals surface area contributed by atoms with Crippen LogP contribution in [0.25, 0.3) is 0 Å². The second-order valence-electron chi connectivity index (χ2n) is 7.20. The normalized spacial score (nSPS) is 15.3. The summed E-state index contributed by atoms with van der Waals surface area (Å²) in [6.45, 7) is 2.86. The number of carbonyl (C=O) groups excluding carboxylic acids is 2. The van der Waals surface area contributed by atoms with Crippen molar-refractivity contribution in [2.24, 2.45) is 0 Å². The van der Waals surface area contributed by atoms with Crippen molar-refractivity contribution in [2.45, 2.75) is 19.4 Å². The fourth-order valence-corrected chi connectivity index (χ4v) is 3.33. The van der Waals surface area contributed by atoms with Crippen molar-refractivity contribution < 1.29 is 14.3 Å². The van der Waals surface area contributed by atoms with Gasteiger partial charge < -0.3 is 16.0 Å². The van der Waals surface area contributed by atoms with Gasteiger partial charge in [-0.25, -0.2) is 4.79 Å². The Balaban J connectivity index is 1.70. The quantitative estimate of drug-likeness (QED) is 0.381. The van der Waals surface area contributed by atoms with Crippen LogP contribution in [-0.4, -0.2) is 35.9 Å². The Labute approximate surface area is 192 Å². The number of halogens is 1. The third-order valence-electron chi connectivity index (χ3n) is 4.85. The van der Waals surface area contributed by atoms with Crippen LogP contribution in [0.1, 0.15) is 24.9 Å². The van der Waals surface area contributed by atoms with Gasteiger partial charge >= 0.3 is 6.03 Å². The molecule has 0 aliphatic heterocycles.